The Kier molecular flexibility index (Phi) is 5.66. The molecule has 164 valence electrons. The summed E-state index contributed by atoms with van der Waals surface area (Å²) in [6, 6.07) is 23.6. The number of nitrogen functional groups attached to an aromatic ring is 1. The van der Waals surface area contributed by atoms with Crippen molar-refractivity contribution in [3.8, 4) is 0 Å². The van der Waals surface area contributed by atoms with Crippen molar-refractivity contribution in [3.05, 3.63) is 113 Å². The van der Waals surface area contributed by atoms with E-state index in [0.29, 0.717) is 22.1 Å². The average molecular weight is 458 g/mol. The number of carbonyl (C=O) groups is 1. The third-order valence-corrected chi connectivity index (χ3v) is 6.67. The van der Waals surface area contributed by atoms with Crippen molar-refractivity contribution in [3.63, 3.8) is 0 Å². The van der Waals surface area contributed by atoms with Gasteiger partial charge in [0, 0.05) is 29.1 Å². The highest BCUT2D eigenvalue weighted by Gasteiger charge is 2.28. The molecule has 5 rings (SSSR count). The lowest BCUT2D eigenvalue weighted by atomic mass is 10.0. The number of Topliss-reactive ketones (excluding diaryl/α,β-unsaturated/α-hetero) is 1. The van der Waals surface area contributed by atoms with Gasteiger partial charge in [-0.3, -0.25) is 4.79 Å². The molecule has 0 aliphatic carbocycles. The smallest absolute Gasteiger partial charge is 0.210 e. The second-order valence-corrected chi connectivity index (χ2v) is 8.63. The van der Waals surface area contributed by atoms with E-state index in [1.54, 1.807) is 24.4 Å². The topological polar surface area (TPSA) is 89.6 Å². The van der Waals surface area contributed by atoms with E-state index in [-0.39, 0.29) is 18.0 Å². The maximum atomic E-state index is 14.1. The fourth-order valence-electron chi connectivity index (χ4n) is 3.74. The Morgan fingerprint density at radius 2 is 1.73 bits per heavy atom. The van der Waals surface area contributed by atoms with Crippen LogP contribution in [0.25, 0.3) is 10.9 Å². The first kappa shape index (κ1) is 21.0. The molecule has 0 fully saturated rings. The minimum atomic E-state index is -0.585. The number of hydrogen-bond acceptors (Lipinski definition) is 5. The summed E-state index contributed by atoms with van der Waals surface area (Å²) in [6.45, 7) is 0. The molecule has 0 saturated carbocycles. The maximum absolute atomic E-state index is 14.1. The lowest BCUT2D eigenvalue weighted by molar-refractivity contribution is 0.0991. The number of aromatic nitrogens is 4. The van der Waals surface area contributed by atoms with E-state index >= 15 is 0 Å². The Hall–Kier alpha value is -3.91. The summed E-state index contributed by atoms with van der Waals surface area (Å²) in [5, 5.41) is 9.01. The van der Waals surface area contributed by atoms with Gasteiger partial charge in [0.2, 0.25) is 5.16 Å². The summed E-state index contributed by atoms with van der Waals surface area (Å²) in [4.78, 5) is 16.9. The van der Waals surface area contributed by atoms with Gasteiger partial charge in [-0.25, -0.2) is 9.07 Å². The standard InChI is InChI=1S/C25H20FN5OS/c26-20-12-6-4-10-17(20)14-22-29-30-25(31(22)27)33-24(16-8-2-1-3-9-16)23(32)19-15-28-21-13-7-5-11-18(19)21/h1-13,15,24,28H,14,27H2. The number of H-pyrrole nitrogens is 1. The number of carbonyl (C=O) groups excluding carboxylic acids is 1. The van der Waals surface area contributed by atoms with Gasteiger partial charge < -0.3 is 10.8 Å². The van der Waals surface area contributed by atoms with Crippen LogP contribution >= 0.6 is 11.8 Å². The summed E-state index contributed by atoms with van der Waals surface area (Å²) in [7, 11) is 0. The molecule has 0 aliphatic rings. The lowest BCUT2D eigenvalue weighted by Crippen LogP contribution is -2.17. The van der Waals surface area contributed by atoms with Crippen LogP contribution in [0.1, 0.15) is 32.6 Å². The number of nitrogens with two attached hydrogens (primary N) is 1. The van der Waals surface area contributed by atoms with Crippen LogP contribution in [0, 0.1) is 5.82 Å². The Morgan fingerprint density at radius 3 is 2.55 bits per heavy atom. The Morgan fingerprint density at radius 1 is 1.00 bits per heavy atom. The first-order valence-corrected chi connectivity index (χ1v) is 11.2. The molecule has 5 aromatic rings. The fraction of sp³-hybridized carbons (Fsp3) is 0.0800. The SMILES string of the molecule is Nn1c(Cc2ccccc2F)nnc1SC(C(=O)c1c[nH]c2ccccc12)c1ccccc1. The van der Waals surface area contributed by atoms with Crippen molar-refractivity contribution in [2.45, 2.75) is 16.8 Å². The molecule has 3 aromatic carbocycles. The number of fused-ring (bicyclic) bond motifs is 1. The van der Waals surface area contributed by atoms with Crippen LogP contribution in [0.5, 0.6) is 0 Å². The van der Waals surface area contributed by atoms with Crippen LogP contribution in [0.4, 0.5) is 4.39 Å². The van der Waals surface area contributed by atoms with Gasteiger partial charge in [-0.1, -0.05) is 78.5 Å². The largest absolute Gasteiger partial charge is 0.360 e. The summed E-state index contributed by atoms with van der Waals surface area (Å²) in [5.74, 6) is 6.28. The van der Waals surface area contributed by atoms with Crippen LogP contribution in [-0.4, -0.2) is 25.6 Å². The highest BCUT2D eigenvalue weighted by molar-refractivity contribution is 8.00. The van der Waals surface area contributed by atoms with Crippen molar-refractivity contribution in [2.75, 3.05) is 5.84 Å². The predicted molar refractivity (Wildman–Crippen MR) is 127 cm³/mol. The molecule has 8 heteroatoms. The minimum Gasteiger partial charge on any atom is -0.360 e. The molecule has 0 saturated heterocycles. The molecule has 6 nitrogen and oxygen atoms in total. The zero-order valence-corrected chi connectivity index (χ0v) is 18.3. The van der Waals surface area contributed by atoms with Crippen molar-refractivity contribution in [1.82, 2.24) is 19.9 Å². The van der Waals surface area contributed by atoms with Gasteiger partial charge in [-0.2, -0.15) is 0 Å². The van der Waals surface area contributed by atoms with Crippen LogP contribution in [0.3, 0.4) is 0 Å². The van der Waals surface area contributed by atoms with Gasteiger partial charge in [0.05, 0.1) is 0 Å². The number of rotatable bonds is 7. The number of ketones is 1. The first-order valence-electron chi connectivity index (χ1n) is 10.4. The predicted octanol–water partition coefficient (Wildman–Crippen LogP) is 4.92. The molecule has 3 N–H and O–H groups in total. The van der Waals surface area contributed by atoms with Gasteiger partial charge >= 0.3 is 0 Å². The highest BCUT2D eigenvalue weighted by atomic mass is 32.2. The van der Waals surface area contributed by atoms with E-state index in [1.807, 2.05) is 54.6 Å². The maximum Gasteiger partial charge on any atom is 0.210 e. The summed E-state index contributed by atoms with van der Waals surface area (Å²) < 4.78 is 15.4. The van der Waals surface area contributed by atoms with Crippen LogP contribution in [-0.2, 0) is 6.42 Å². The molecular weight excluding hydrogens is 437 g/mol. The van der Waals surface area contributed by atoms with E-state index < -0.39 is 5.25 Å². The first-order chi connectivity index (χ1) is 16.1. The second kappa shape index (κ2) is 8.91. The number of nitrogens with zero attached hydrogens (tertiary/aromatic N) is 3. The molecule has 0 aliphatic heterocycles. The molecule has 2 aromatic heterocycles. The van der Waals surface area contributed by atoms with Crippen molar-refractivity contribution < 1.29 is 9.18 Å². The molecule has 0 bridgehead atoms. The molecule has 2 heterocycles. The molecule has 1 atom stereocenters. The monoisotopic (exact) mass is 457 g/mol. The summed E-state index contributed by atoms with van der Waals surface area (Å²) in [6.07, 6.45) is 1.93. The van der Waals surface area contributed by atoms with Crippen molar-refractivity contribution >= 4 is 28.4 Å². The minimum absolute atomic E-state index is 0.0673. The zero-order chi connectivity index (χ0) is 22.8. The summed E-state index contributed by atoms with van der Waals surface area (Å²) in [5.41, 5.74) is 2.80. The van der Waals surface area contributed by atoms with E-state index in [2.05, 4.69) is 15.2 Å². The van der Waals surface area contributed by atoms with Gasteiger partial charge in [0.15, 0.2) is 11.6 Å². The number of thioether (sulfide) groups is 1. The number of hydrogen-bond donors (Lipinski definition) is 2. The second-order valence-electron chi connectivity index (χ2n) is 7.56. The molecular formula is C25H20FN5OS. The molecule has 0 spiro atoms. The summed E-state index contributed by atoms with van der Waals surface area (Å²) >= 11 is 1.23. The third kappa shape index (κ3) is 4.12. The lowest BCUT2D eigenvalue weighted by Gasteiger charge is -2.15. The number of aromatic amines is 1. The van der Waals surface area contributed by atoms with E-state index in [0.717, 1.165) is 16.5 Å². The van der Waals surface area contributed by atoms with Gasteiger partial charge in [0.1, 0.15) is 11.1 Å². The van der Waals surface area contributed by atoms with Crippen molar-refractivity contribution in [1.29, 1.82) is 0 Å². The Labute approximate surface area is 193 Å². The van der Waals surface area contributed by atoms with Crippen LogP contribution in [0.2, 0.25) is 0 Å². The van der Waals surface area contributed by atoms with Crippen LogP contribution < -0.4 is 5.84 Å². The van der Waals surface area contributed by atoms with Crippen LogP contribution in [0.15, 0.2) is 90.2 Å². The van der Waals surface area contributed by atoms with E-state index in [4.69, 9.17) is 5.84 Å². The van der Waals surface area contributed by atoms with Gasteiger partial charge in [0.25, 0.3) is 0 Å². The third-order valence-electron chi connectivity index (χ3n) is 5.46. The number of benzene rings is 3. The van der Waals surface area contributed by atoms with Gasteiger partial charge in [-0.15, -0.1) is 10.2 Å². The normalized spacial score (nSPS) is 12.2. The molecule has 33 heavy (non-hydrogen) atoms. The number of halogens is 1. The number of para-hydroxylation sites is 1. The zero-order valence-electron chi connectivity index (χ0n) is 17.5. The van der Waals surface area contributed by atoms with E-state index in [9.17, 15) is 9.18 Å². The molecule has 1 unspecified atom stereocenters. The molecule has 0 radical (unpaired) electrons. The Bertz CT molecular complexity index is 1430. The quantitative estimate of drug-likeness (QED) is 0.206. The van der Waals surface area contributed by atoms with Crippen molar-refractivity contribution in [2.24, 2.45) is 0 Å². The number of nitrogens with one attached hydrogen (secondary N) is 1. The Balaban J connectivity index is 1.48. The average Bonchev–Trinajstić information content (AvgIpc) is 3.43. The van der Waals surface area contributed by atoms with E-state index in [1.165, 1.54) is 22.5 Å². The molecule has 0 amide bonds. The highest BCUT2D eigenvalue weighted by Crippen LogP contribution is 2.38. The fourth-order valence-corrected chi connectivity index (χ4v) is 4.79. The van der Waals surface area contributed by atoms with Gasteiger partial charge in [-0.05, 0) is 23.3 Å².